The van der Waals surface area contributed by atoms with Crippen LogP contribution < -0.4 is 9.64 Å². The molecule has 0 radical (unpaired) electrons. The molecule has 0 bridgehead atoms. The maximum absolute atomic E-state index is 14.2. The van der Waals surface area contributed by atoms with Gasteiger partial charge in [0, 0.05) is 18.3 Å². The highest BCUT2D eigenvalue weighted by molar-refractivity contribution is 9.10. The average Bonchev–Trinajstić information content (AvgIpc) is 2.79. The van der Waals surface area contributed by atoms with Crippen molar-refractivity contribution in [1.82, 2.24) is 4.98 Å². The van der Waals surface area contributed by atoms with Gasteiger partial charge in [-0.3, -0.25) is 14.7 Å². The van der Waals surface area contributed by atoms with Gasteiger partial charge < -0.3 is 4.74 Å². The van der Waals surface area contributed by atoms with Gasteiger partial charge in [-0.15, -0.1) is 0 Å². The number of hydrogen-bond acceptors (Lipinski definition) is 3. The van der Waals surface area contributed by atoms with Crippen LogP contribution in [0.5, 0.6) is 5.75 Å². The molecule has 2 aromatic carbocycles. The summed E-state index contributed by atoms with van der Waals surface area (Å²) in [5.41, 5.74) is 3.44. The van der Waals surface area contributed by atoms with Crippen LogP contribution >= 0.6 is 15.9 Å². The van der Waals surface area contributed by atoms with Gasteiger partial charge in [0.15, 0.2) is 0 Å². The van der Waals surface area contributed by atoms with E-state index in [4.69, 9.17) is 4.74 Å². The Morgan fingerprint density at radius 1 is 1.10 bits per heavy atom. The first-order valence-electron chi connectivity index (χ1n) is 9.96. The smallest absolute Gasteiger partial charge is 0.243 e. The Morgan fingerprint density at radius 2 is 1.87 bits per heavy atom. The summed E-state index contributed by atoms with van der Waals surface area (Å²) in [6.07, 6.45) is 3.61. The van der Waals surface area contributed by atoms with Gasteiger partial charge in [0.1, 0.15) is 16.4 Å². The maximum Gasteiger partial charge on any atom is 0.243 e. The van der Waals surface area contributed by atoms with Gasteiger partial charge in [-0.25, -0.2) is 4.39 Å². The number of ether oxygens (including phenoxy) is 1. The molecule has 154 valence electrons. The van der Waals surface area contributed by atoms with E-state index in [1.807, 2.05) is 36.5 Å². The van der Waals surface area contributed by atoms with Crippen molar-refractivity contribution in [3.8, 4) is 5.75 Å². The SMILES string of the molecule is CCc1ccc(CCOc2ccc(C3C(Br)C(=O)N3c3ccccc3F)cc2)nc1. The number of alkyl halides is 1. The Labute approximate surface area is 183 Å². The van der Waals surface area contributed by atoms with Crippen molar-refractivity contribution in [2.45, 2.75) is 30.6 Å². The summed E-state index contributed by atoms with van der Waals surface area (Å²) in [6.45, 7) is 2.64. The van der Waals surface area contributed by atoms with Crippen LogP contribution in [0, 0.1) is 5.82 Å². The molecule has 2 heterocycles. The molecule has 2 unspecified atom stereocenters. The van der Waals surface area contributed by atoms with E-state index < -0.39 is 5.82 Å². The lowest BCUT2D eigenvalue weighted by Gasteiger charge is -2.45. The van der Waals surface area contributed by atoms with E-state index in [1.54, 1.807) is 18.2 Å². The zero-order valence-corrected chi connectivity index (χ0v) is 18.2. The Bertz CT molecular complexity index is 1020. The zero-order valence-electron chi connectivity index (χ0n) is 16.6. The van der Waals surface area contributed by atoms with Crippen molar-refractivity contribution in [2.75, 3.05) is 11.5 Å². The molecule has 1 aromatic heterocycles. The Morgan fingerprint density at radius 3 is 2.53 bits per heavy atom. The fraction of sp³-hybridized carbons (Fsp3) is 0.250. The van der Waals surface area contributed by atoms with Crippen LogP contribution in [0.15, 0.2) is 66.9 Å². The largest absolute Gasteiger partial charge is 0.493 e. The molecule has 1 saturated heterocycles. The molecular formula is C24H22BrFN2O2. The predicted octanol–water partition coefficient (Wildman–Crippen LogP) is 5.26. The van der Waals surface area contributed by atoms with Gasteiger partial charge in [-0.2, -0.15) is 0 Å². The fourth-order valence-electron chi connectivity index (χ4n) is 3.53. The first-order valence-corrected chi connectivity index (χ1v) is 10.9. The van der Waals surface area contributed by atoms with Crippen LogP contribution in [0.25, 0.3) is 0 Å². The number of carbonyl (C=O) groups excluding carboxylic acids is 1. The third kappa shape index (κ3) is 4.10. The summed E-state index contributed by atoms with van der Waals surface area (Å²) in [6, 6.07) is 17.8. The van der Waals surface area contributed by atoms with E-state index >= 15 is 0 Å². The highest BCUT2D eigenvalue weighted by atomic mass is 79.9. The summed E-state index contributed by atoms with van der Waals surface area (Å²) in [7, 11) is 0. The minimum atomic E-state index is -0.407. The number of aromatic nitrogens is 1. The van der Waals surface area contributed by atoms with Gasteiger partial charge in [0.2, 0.25) is 5.91 Å². The number of para-hydroxylation sites is 1. The predicted molar refractivity (Wildman–Crippen MR) is 119 cm³/mol. The fourth-order valence-corrected chi connectivity index (χ4v) is 4.30. The van der Waals surface area contributed by atoms with E-state index in [-0.39, 0.29) is 16.8 Å². The Balaban J connectivity index is 1.40. The van der Waals surface area contributed by atoms with E-state index in [9.17, 15) is 9.18 Å². The number of carbonyl (C=O) groups is 1. The summed E-state index contributed by atoms with van der Waals surface area (Å²) in [4.78, 5) is 17.9. The van der Waals surface area contributed by atoms with E-state index in [0.29, 0.717) is 12.3 Å². The van der Waals surface area contributed by atoms with Crippen molar-refractivity contribution in [1.29, 1.82) is 0 Å². The summed E-state index contributed by atoms with van der Waals surface area (Å²) >= 11 is 3.44. The summed E-state index contributed by atoms with van der Waals surface area (Å²) in [5.74, 6) is 0.195. The second-order valence-corrected chi connectivity index (χ2v) is 8.17. The first-order chi connectivity index (χ1) is 14.6. The van der Waals surface area contributed by atoms with Crippen LogP contribution in [-0.2, 0) is 17.6 Å². The quantitative estimate of drug-likeness (QED) is 0.351. The number of amides is 1. The summed E-state index contributed by atoms with van der Waals surface area (Å²) in [5, 5.41) is 0. The zero-order chi connectivity index (χ0) is 21.1. The minimum absolute atomic E-state index is 0.146. The first kappa shape index (κ1) is 20.5. The number of halogens is 2. The van der Waals surface area contributed by atoms with Crippen LogP contribution in [0.1, 0.15) is 29.8 Å². The molecule has 4 rings (SSSR count). The third-order valence-electron chi connectivity index (χ3n) is 5.28. The number of nitrogens with zero attached hydrogens (tertiary/aromatic N) is 2. The molecule has 0 aliphatic carbocycles. The molecular weight excluding hydrogens is 447 g/mol. The van der Waals surface area contributed by atoms with Crippen molar-refractivity contribution >= 4 is 27.5 Å². The molecule has 6 heteroatoms. The van der Waals surface area contributed by atoms with Crippen molar-refractivity contribution < 1.29 is 13.9 Å². The number of hydrogen-bond donors (Lipinski definition) is 0. The molecule has 1 aliphatic heterocycles. The van der Waals surface area contributed by atoms with Gasteiger partial charge in [-0.05, 0) is 47.9 Å². The summed E-state index contributed by atoms with van der Waals surface area (Å²) < 4.78 is 20.0. The number of rotatable bonds is 7. The van der Waals surface area contributed by atoms with Crippen molar-refractivity contribution in [3.63, 3.8) is 0 Å². The van der Waals surface area contributed by atoms with Crippen LogP contribution in [0.4, 0.5) is 10.1 Å². The number of β-lactam (4-membered cyclic amide) rings is 1. The molecule has 3 aromatic rings. The molecule has 1 amide bonds. The Hall–Kier alpha value is -2.73. The highest BCUT2D eigenvalue weighted by Crippen LogP contribution is 2.44. The molecule has 1 aliphatic rings. The molecule has 0 saturated carbocycles. The average molecular weight is 469 g/mol. The molecule has 30 heavy (non-hydrogen) atoms. The molecule has 0 N–H and O–H groups in total. The molecule has 0 spiro atoms. The second kappa shape index (κ2) is 8.96. The standard InChI is InChI=1S/C24H22BrFN2O2/c1-2-16-7-10-18(27-15-16)13-14-30-19-11-8-17(9-12-19)23-22(25)24(29)28(23)21-6-4-3-5-20(21)26/h3-12,15,22-23H,2,13-14H2,1H3. The number of anilines is 1. The van der Waals surface area contributed by atoms with Gasteiger partial charge in [0.05, 0.1) is 18.3 Å². The van der Waals surface area contributed by atoms with Crippen LogP contribution in [-0.4, -0.2) is 22.3 Å². The third-order valence-corrected chi connectivity index (χ3v) is 6.18. The van der Waals surface area contributed by atoms with E-state index in [1.165, 1.54) is 16.5 Å². The normalized spacial score (nSPS) is 18.2. The highest BCUT2D eigenvalue weighted by Gasteiger charge is 2.48. The Kier molecular flexibility index (Phi) is 6.13. The van der Waals surface area contributed by atoms with Gasteiger partial charge in [-0.1, -0.05) is 53.2 Å². The topological polar surface area (TPSA) is 42.4 Å². The number of benzene rings is 2. The maximum atomic E-state index is 14.2. The second-order valence-electron chi connectivity index (χ2n) is 7.19. The van der Waals surface area contributed by atoms with E-state index in [0.717, 1.165) is 29.8 Å². The van der Waals surface area contributed by atoms with Gasteiger partial charge in [0.25, 0.3) is 0 Å². The molecule has 1 fully saturated rings. The lowest BCUT2D eigenvalue weighted by Crippen LogP contribution is -2.56. The molecule has 4 nitrogen and oxygen atoms in total. The lowest BCUT2D eigenvalue weighted by molar-refractivity contribution is -0.123. The van der Waals surface area contributed by atoms with Crippen LogP contribution in [0.3, 0.4) is 0 Å². The van der Waals surface area contributed by atoms with Crippen molar-refractivity contribution in [2.24, 2.45) is 0 Å². The van der Waals surface area contributed by atoms with Crippen LogP contribution in [0.2, 0.25) is 0 Å². The van der Waals surface area contributed by atoms with E-state index in [2.05, 4.69) is 33.9 Å². The van der Waals surface area contributed by atoms with Crippen molar-refractivity contribution in [3.05, 3.63) is 89.5 Å². The monoisotopic (exact) mass is 468 g/mol. The van der Waals surface area contributed by atoms with Gasteiger partial charge >= 0.3 is 0 Å². The number of aryl methyl sites for hydroxylation is 1. The number of pyridine rings is 1. The molecule has 2 atom stereocenters. The minimum Gasteiger partial charge on any atom is -0.493 e. The lowest BCUT2D eigenvalue weighted by atomic mass is 9.92.